The minimum atomic E-state index is -0.845. The van der Waals surface area contributed by atoms with E-state index in [1.165, 1.54) is 122 Å². The Balaban J connectivity index is 0.0000176. The maximum Gasteiger partial charge on any atom is 0.220 e. The van der Waals surface area contributed by atoms with Crippen LogP contribution in [0.1, 0.15) is 161 Å². The summed E-state index contributed by atoms with van der Waals surface area (Å²) in [6.45, 7) is 3.12. The molecule has 0 fully saturated rings. The highest BCUT2D eigenvalue weighted by Crippen LogP contribution is 2.14. The fraction of sp³-hybridized carbons (Fsp3) is 0.784. The SMILES string of the molecule is CCCCCCCCCCCCCCCCCC(=O)N[C@@H](CO)[C@H](O)/C=C/CCCCCCCCC[n+]1ccccc1.[Br-]. The first kappa shape index (κ1) is 41.8. The van der Waals surface area contributed by atoms with Crippen LogP contribution in [0.4, 0.5) is 0 Å². The molecule has 6 heteroatoms. The molecule has 2 atom stereocenters. The summed E-state index contributed by atoms with van der Waals surface area (Å²) >= 11 is 0. The summed E-state index contributed by atoms with van der Waals surface area (Å²) in [7, 11) is 0. The molecule has 1 rings (SSSR count). The van der Waals surface area contributed by atoms with Gasteiger partial charge in [-0.3, -0.25) is 4.79 Å². The lowest BCUT2D eigenvalue weighted by atomic mass is 10.0. The van der Waals surface area contributed by atoms with Gasteiger partial charge in [0, 0.05) is 25.0 Å². The second-order valence-electron chi connectivity index (χ2n) is 12.4. The van der Waals surface area contributed by atoms with E-state index in [1.54, 1.807) is 6.08 Å². The minimum absolute atomic E-state index is 0. The zero-order valence-corrected chi connectivity index (χ0v) is 29.3. The summed E-state index contributed by atoms with van der Waals surface area (Å²) in [6.07, 6.45) is 36.8. The molecule has 1 aromatic heterocycles. The monoisotopic (exact) mass is 666 g/mol. The van der Waals surface area contributed by atoms with Crippen molar-refractivity contribution in [3.8, 4) is 0 Å². The van der Waals surface area contributed by atoms with Crippen molar-refractivity contribution >= 4 is 5.91 Å². The summed E-state index contributed by atoms with van der Waals surface area (Å²) < 4.78 is 2.25. The van der Waals surface area contributed by atoms with Crippen LogP contribution in [0.25, 0.3) is 0 Å². The smallest absolute Gasteiger partial charge is 0.220 e. The number of nitrogens with zero attached hydrogens (tertiary/aromatic N) is 1. The highest BCUT2D eigenvalue weighted by Gasteiger charge is 2.17. The standard InChI is InChI=1S/C37H66N2O3.BrH/c1-2-3-4-5-6-7-8-9-10-11-12-15-18-21-25-30-37(42)38-35(34-40)36(41)29-24-20-17-14-13-16-19-22-26-31-39-32-27-23-28-33-39;/h23-24,27-29,32-33,35-36,40-41H,2-22,25-26,30-31,34H2,1H3;1H/b29-24+;/t35-,36+;/m0./s1. The van der Waals surface area contributed by atoms with E-state index >= 15 is 0 Å². The number of carbonyl (C=O) groups is 1. The van der Waals surface area contributed by atoms with E-state index in [2.05, 4.69) is 47.4 Å². The van der Waals surface area contributed by atoms with E-state index in [-0.39, 0.29) is 29.5 Å². The number of amides is 1. The van der Waals surface area contributed by atoms with Crippen LogP contribution in [0.2, 0.25) is 0 Å². The molecule has 0 unspecified atom stereocenters. The number of aromatic nitrogens is 1. The number of hydrogen-bond donors (Lipinski definition) is 3. The highest BCUT2D eigenvalue weighted by molar-refractivity contribution is 5.76. The van der Waals surface area contributed by atoms with Gasteiger partial charge < -0.3 is 32.5 Å². The summed E-state index contributed by atoms with van der Waals surface area (Å²) in [5, 5.41) is 22.9. The molecule has 3 N–H and O–H groups in total. The van der Waals surface area contributed by atoms with E-state index in [0.29, 0.717) is 6.42 Å². The Hall–Kier alpha value is -1.24. The van der Waals surface area contributed by atoms with E-state index in [1.807, 2.05) is 6.08 Å². The first-order valence-corrected chi connectivity index (χ1v) is 17.9. The van der Waals surface area contributed by atoms with Gasteiger partial charge in [0.25, 0.3) is 0 Å². The lowest BCUT2D eigenvalue weighted by Crippen LogP contribution is -3.00. The summed E-state index contributed by atoms with van der Waals surface area (Å²) in [6, 6.07) is 5.59. The topological polar surface area (TPSA) is 73.4 Å². The van der Waals surface area contributed by atoms with E-state index in [9.17, 15) is 15.0 Å². The van der Waals surface area contributed by atoms with Crippen LogP contribution in [-0.4, -0.2) is 34.9 Å². The highest BCUT2D eigenvalue weighted by atomic mass is 79.9. The van der Waals surface area contributed by atoms with Gasteiger partial charge in [-0.05, 0) is 25.7 Å². The van der Waals surface area contributed by atoms with Crippen molar-refractivity contribution in [3.63, 3.8) is 0 Å². The summed E-state index contributed by atoms with van der Waals surface area (Å²) in [4.78, 5) is 12.3. The Labute approximate surface area is 276 Å². The quantitative estimate of drug-likeness (QED) is 0.0556. The molecular formula is C37H67BrN2O3. The normalized spacial score (nSPS) is 12.7. The Bertz CT molecular complexity index is 747. The van der Waals surface area contributed by atoms with Crippen molar-refractivity contribution in [3.05, 3.63) is 42.7 Å². The Morgan fingerprint density at radius 3 is 1.67 bits per heavy atom. The number of allylic oxidation sites excluding steroid dienone is 1. The second kappa shape index (κ2) is 32.2. The fourth-order valence-corrected chi connectivity index (χ4v) is 5.57. The third kappa shape index (κ3) is 26.8. The molecule has 0 saturated heterocycles. The molecule has 0 spiro atoms. The number of aryl methyl sites for hydroxylation is 1. The van der Waals surface area contributed by atoms with Crippen LogP contribution < -0.4 is 26.9 Å². The number of pyridine rings is 1. The molecule has 250 valence electrons. The largest absolute Gasteiger partial charge is 1.00 e. The number of unbranched alkanes of at least 4 members (excludes halogenated alkanes) is 21. The number of rotatable bonds is 30. The van der Waals surface area contributed by atoms with Crippen molar-refractivity contribution in [2.24, 2.45) is 0 Å². The number of aliphatic hydroxyl groups excluding tert-OH is 2. The molecule has 0 bridgehead atoms. The van der Waals surface area contributed by atoms with Crippen molar-refractivity contribution in [2.45, 2.75) is 180 Å². The Morgan fingerprint density at radius 2 is 1.16 bits per heavy atom. The maximum atomic E-state index is 12.3. The van der Waals surface area contributed by atoms with Gasteiger partial charge in [-0.25, -0.2) is 4.57 Å². The van der Waals surface area contributed by atoms with Gasteiger partial charge in [0.15, 0.2) is 12.4 Å². The van der Waals surface area contributed by atoms with Gasteiger partial charge in [-0.15, -0.1) is 0 Å². The molecule has 0 saturated carbocycles. The third-order valence-electron chi connectivity index (χ3n) is 8.36. The minimum Gasteiger partial charge on any atom is -1.00 e. The predicted molar refractivity (Wildman–Crippen MR) is 177 cm³/mol. The fourth-order valence-electron chi connectivity index (χ4n) is 5.57. The number of carbonyl (C=O) groups excluding carboxylic acids is 1. The van der Waals surface area contributed by atoms with Gasteiger partial charge >= 0.3 is 0 Å². The Kier molecular flexibility index (Phi) is 31.2. The molecule has 0 aliphatic heterocycles. The van der Waals surface area contributed by atoms with E-state index < -0.39 is 12.1 Å². The second-order valence-corrected chi connectivity index (χ2v) is 12.4. The zero-order chi connectivity index (χ0) is 30.4. The van der Waals surface area contributed by atoms with Crippen molar-refractivity contribution in [1.82, 2.24) is 5.32 Å². The Morgan fingerprint density at radius 1 is 0.698 bits per heavy atom. The van der Waals surface area contributed by atoms with Crippen molar-refractivity contribution in [2.75, 3.05) is 6.61 Å². The van der Waals surface area contributed by atoms with Crippen LogP contribution in [0.15, 0.2) is 42.7 Å². The third-order valence-corrected chi connectivity index (χ3v) is 8.36. The van der Waals surface area contributed by atoms with Gasteiger partial charge in [-0.2, -0.15) is 0 Å². The number of hydrogen-bond acceptors (Lipinski definition) is 3. The average molecular weight is 668 g/mol. The van der Waals surface area contributed by atoms with Crippen molar-refractivity contribution in [1.29, 1.82) is 0 Å². The molecule has 0 aromatic carbocycles. The number of halogens is 1. The lowest BCUT2D eigenvalue weighted by molar-refractivity contribution is -0.697. The van der Waals surface area contributed by atoms with Crippen LogP contribution in [0, 0.1) is 0 Å². The molecule has 1 aromatic rings. The molecule has 5 nitrogen and oxygen atoms in total. The molecule has 0 aliphatic rings. The molecule has 0 radical (unpaired) electrons. The zero-order valence-electron chi connectivity index (χ0n) is 27.7. The van der Waals surface area contributed by atoms with Gasteiger partial charge in [0.1, 0.15) is 6.54 Å². The van der Waals surface area contributed by atoms with Gasteiger partial charge in [-0.1, -0.05) is 141 Å². The molecular weight excluding hydrogens is 600 g/mol. The molecule has 1 heterocycles. The van der Waals surface area contributed by atoms with Crippen LogP contribution in [-0.2, 0) is 11.3 Å². The van der Waals surface area contributed by atoms with Crippen LogP contribution in [0.3, 0.4) is 0 Å². The molecule has 1 amide bonds. The molecule has 0 aliphatic carbocycles. The number of aliphatic hydroxyl groups is 2. The summed E-state index contributed by atoms with van der Waals surface area (Å²) in [5.74, 6) is -0.0708. The predicted octanol–water partition coefficient (Wildman–Crippen LogP) is 5.75. The molecule has 43 heavy (non-hydrogen) atoms. The first-order valence-electron chi connectivity index (χ1n) is 17.9. The van der Waals surface area contributed by atoms with E-state index in [0.717, 1.165) is 32.2 Å². The van der Waals surface area contributed by atoms with Crippen molar-refractivity contribution < 1.29 is 36.6 Å². The average Bonchev–Trinajstić information content (AvgIpc) is 3.01. The van der Waals surface area contributed by atoms with Gasteiger partial charge in [0.05, 0.1) is 18.8 Å². The van der Waals surface area contributed by atoms with E-state index in [4.69, 9.17) is 0 Å². The summed E-state index contributed by atoms with van der Waals surface area (Å²) in [5.41, 5.74) is 0. The lowest BCUT2D eigenvalue weighted by Gasteiger charge is -2.20. The van der Waals surface area contributed by atoms with Crippen LogP contribution in [0.5, 0.6) is 0 Å². The van der Waals surface area contributed by atoms with Gasteiger partial charge in [0.2, 0.25) is 5.91 Å². The maximum absolute atomic E-state index is 12.3. The number of nitrogens with one attached hydrogen (secondary N) is 1. The van der Waals surface area contributed by atoms with Crippen LogP contribution >= 0.6 is 0 Å². The first-order chi connectivity index (χ1) is 20.7.